The molecule has 0 fully saturated rings. The Bertz CT molecular complexity index is 786. The van der Waals surface area contributed by atoms with Crippen molar-refractivity contribution in [1.82, 2.24) is 0 Å². The third-order valence-corrected chi connectivity index (χ3v) is 4.37. The van der Waals surface area contributed by atoms with Crippen LogP contribution in [0.1, 0.15) is 36.1 Å². The average Bonchev–Trinajstić information content (AvgIpc) is 2.48. The smallest absolute Gasteiger partial charge is 0.221 e. The van der Waals surface area contributed by atoms with E-state index in [-0.39, 0.29) is 11.8 Å². The van der Waals surface area contributed by atoms with Gasteiger partial charge in [0.05, 0.1) is 0 Å². The monoisotopic (exact) mass is 404 g/mol. The number of anilines is 2. The molecular weight excluding hydrogens is 380 g/mol. The summed E-state index contributed by atoms with van der Waals surface area (Å²) in [6.07, 6.45) is 0. The van der Waals surface area contributed by atoms with Gasteiger partial charge in [0, 0.05) is 29.7 Å². The fraction of sp³-hybridized carbons (Fsp3) is 0.300. The van der Waals surface area contributed by atoms with Crippen molar-refractivity contribution < 1.29 is 9.59 Å². The fourth-order valence-corrected chi connectivity index (χ4v) is 2.62. The molecule has 0 heterocycles. The minimum Gasteiger partial charge on any atom is -0.326 e. The fourth-order valence-electron chi connectivity index (χ4n) is 2.17. The highest BCUT2D eigenvalue weighted by Gasteiger charge is 2.03. The molecule has 2 aromatic rings. The summed E-state index contributed by atoms with van der Waals surface area (Å²) in [6.45, 7) is 11.0. The molecule has 0 aromatic heterocycles. The van der Waals surface area contributed by atoms with E-state index in [0.29, 0.717) is 0 Å². The highest BCUT2D eigenvalue weighted by Crippen LogP contribution is 2.24. The number of halogens is 1. The van der Waals surface area contributed by atoms with Crippen molar-refractivity contribution in [2.75, 3.05) is 10.6 Å². The Hall–Kier alpha value is -2.14. The Morgan fingerprint density at radius 2 is 1.28 bits per heavy atom. The molecule has 2 N–H and O–H groups in total. The third-order valence-electron chi connectivity index (χ3n) is 3.52. The first-order valence-corrected chi connectivity index (χ1v) is 8.78. The molecule has 0 aliphatic heterocycles. The average molecular weight is 405 g/mol. The van der Waals surface area contributed by atoms with E-state index >= 15 is 0 Å². The van der Waals surface area contributed by atoms with Crippen LogP contribution in [-0.2, 0) is 9.59 Å². The summed E-state index contributed by atoms with van der Waals surface area (Å²) in [5, 5.41) is 5.56. The van der Waals surface area contributed by atoms with Gasteiger partial charge in [-0.1, -0.05) is 28.1 Å². The van der Waals surface area contributed by atoms with Crippen LogP contribution in [0.3, 0.4) is 0 Å². The van der Waals surface area contributed by atoms with Crippen LogP contribution in [0.5, 0.6) is 0 Å². The van der Waals surface area contributed by atoms with Crippen LogP contribution in [0.4, 0.5) is 11.4 Å². The quantitative estimate of drug-likeness (QED) is 0.714. The number of hydrogen-bond acceptors (Lipinski definition) is 2. The first-order chi connectivity index (χ1) is 11.6. The Labute approximate surface area is 158 Å². The molecule has 25 heavy (non-hydrogen) atoms. The summed E-state index contributed by atoms with van der Waals surface area (Å²) < 4.78 is 1.07. The molecule has 2 rings (SSSR count). The largest absolute Gasteiger partial charge is 0.326 e. The molecule has 0 aliphatic carbocycles. The Kier molecular flexibility index (Phi) is 7.84. The number of hydrogen-bond donors (Lipinski definition) is 2. The van der Waals surface area contributed by atoms with Gasteiger partial charge < -0.3 is 10.6 Å². The Balaban J connectivity index is 0.000000251. The summed E-state index contributed by atoms with van der Waals surface area (Å²) in [5.74, 6) is -0.0616. The molecule has 0 bridgehead atoms. The second kappa shape index (κ2) is 9.37. The molecule has 0 unspecified atom stereocenters. The van der Waals surface area contributed by atoms with Gasteiger partial charge in [0.2, 0.25) is 11.8 Å². The second-order valence-electron chi connectivity index (χ2n) is 6.10. The van der Waals surface area contributed by atoms with Gasteiger partial charge in [0.1, 0.15) is 0 Å². The van der Waals surface area contributed by atoms with Crippen LogP contribution in [0, 0.1) is 27.7 Å². The van der Waals surface area contributed by atoms with E-state index in [4.69, 9.17) is 0 Å². The SMILES string of the molecule is CC(=O)Nc1cc(C)c(Br)cc1C.CC(=O)Nc1cc(C)ccc1C. The van der Waals surface area contributed by atoms with E-state index in [1.54, 1.807) is 0 Å². The standard InChI is InChI=1S/C10H12BrNO.C10H13NO/c1-6-5-10(12-8(3)13)7(2)4-9(6)11;1-7-4-5-8(2)10(6-7)11-9(3)12/h4-5H,1-3H3,(H,12,13);4-6H,1-3H3,(H,11,12). The van der Waals surface area contributed by atoms with Crippen molar-refractivity contribution in [3.05, 3.63) is 57.1 Å². The second-order valence-corrected chi connectivity index (χ2v) is 6.95. The maximum Gasteiger partial charge on any atom is 0.221 e. The van der Waals surface area contributed by atoms with Gasteiger partial charge in [-0.15, -0.1) is 0 Å². The topological polar surface area (TPSA) is 58.2 Å². The van der Waals surface area contributed by atoms with Gasteiger partial charge >= 0.3 is 0 Å². The molecule has 134 valence electrons. The van der Waals surface area contributed by atoms with Crippen LogP contribution >= 0.6 is 15.9 Å². The van der Waals surface area contributed by atoms with Gasteiger partial charge in [-0.25, -0.2) is 0 Å². The zero-order chi connectivity index (χ0) is 19.1. The van der Waals surface area contributed by atoms with E-state index < -0.39 is 0 Å². The lowest BCUT2D eigenvalue weighted by atomic mass is 10.1. The zero-order valence-corrected chi connectivity index (χ0v) is 17.2. The normalized spacial score (nSPS) is 9.72. The third kappa shape index (κ3) is 7.10. The van der Waals surface area contributed by atoms with Crippen molar-refractivity contribution in [3.63, 3.8) is 0 Å². The predicted molar refractivity (Wildman–Crippen MR) is 108 cm³/mol. The lowest BCUT2D eigenvalue weighted by molar-refractivity contribution is -0.115. The van der Waals surface area contributed by atoms with Gasteiger partial charge in [0.15, 0.2) is 0 Å². The summed E-state index contributed by atoms with van der Waals surface area (Å²) in [7, 11) is 0. The molecule has 0 spiro atoms. The molecule has 0 radical (unpaired) electrons. The van der Waals surface area contributed by atoms with E-state index in [1.807, 2.05) is 58.0 Å². The van der Waals surface area contributed by atoms with Crippen molar-refractivity contribution in [3.8, 4) is 0 Å². The maximum absolute atomic E-state index is 10.8. The van der Waals surface area contributed by atoms with Gasteiger partial charge in [-0.2, -0.15) is 0 Å². The highest BCUT2D eigenvalue weighted by molar-refractivity contribution is 9.10. The molecule has 0 saturated carbocycles. The number of aryl methyl sites for hydroxylation is 4. The summed E-state index contributed by atoms with van der Waals surface area (Å²) in [5.41, 5.74) is 6.22. The first kappa shape index (κ1) is 20.9. The number of amides is 2. The minimum atomic E-state index is -0.0372. The van der Waals surface area contributed by atoms with Crippen LogP contribution in [0.25, 0.3) is 0 Å². The minimum absolute atomic E-state index is 0.0244. The van der Waals surface area contributed by atoms with E-state index in [1.165, 1.54) is 13.8 Å². The lowest BCUT2D eigenvalue weighted by Gasteiger charge is -2.08. The Morgan fingerprint density at radius 1 is 0.760 bits per heavy atom. The molecule has 5 heteroatoms. The van der Waals surface area contributed by atoms with Crippen molar-refractivity contribution in [2.45, 2.75) is 41.5 Å². The number of benzene rings is 2. The number of rotatable bonds is 2. The number of nitrogens with one attached hydrogen (secondary N) is 2. The predicted octanol–water partition coefficient (Wildman–Crippen LogP) is 5.29. The molecule has 0 aliphatic rings. The van der Waals surface area contributed by atoms with Crippen LogP contribution in [0.2, 0.25) is 0 Å². The van der Waals surface area contributed by atoms with E-state index in [0.717, 1.165) is 38.1 Å². The molecule has 2 aromatic carbocycles. The van der Waals surface area contributed by atoms with Crippen molar-refractivity contribution in [1.29, 1.82) is 0 Å². The summed E-state index contributed by atoms with van der Waals surface area (Å²) >= 11 is 3.43. The lowest BCUT2D eigenvalue weighted by Crippen LogP contribution is -2.07. The van der Waals surface area contributed by atoms with E-state index in [9.17, 15) is 9.59 Å². The van der Waals surface area contributed by atoms with Gasteiger partial charge in [0.25, 0.3) is 0 Å². The van der Waals surface area contributed by atoms with Crippen molar-refractivity contribution >= 4 is 39.1 Å². The summed E-state index contributed by atoms with van der Waals surface area (Å²) in [4.78, 5) is 21.6. The molecule has 2 amide bonds. The van der Waals surface area contributed by atoms with Crippen LogP contribution in [0.15, 0.2) is 34.8 Å². The molecule has 0 saturated heterocycles. The molecule has 4 nitrogen and oxygen atoms in total. The van der Waals surface area contributed by atoms with Gasteiger partial charge in [-0.3, -0.25) is 9.59 Å². The molecular formula is C20H25BrN2O2. The Morgan fingerprint density at radius 3 is 1.80 bits per heavy atom. The maximum atomic E-state index is 10.8. The van der Waals surface area contributed by atoms with Gasteiger partial charge in [-0.05, 0) is 68.1 Å². The molecule has 0 atom stereocenters. The van der Waals surface area contributed by atoms with Crippen LogP contribution < -0.4 is 10.6 Å². The highest BCUT2D eigenvalue weighted by atomic mass is 79.9. The van der Waals surface area contributed by atoms with Crippen LogP contribution in [-0.4, -0.2) is 11.8 Å². The first-order valence-electron chi connectivity index (χ1n) is 7.99. The summed E-state index contributed by atoms with van der Waals surface area (Å²) in [6, 6.07) is 9.96. The number of carbonyl (C=O) groups is 2. The van der Waals surface area contributed by atoms with Crippen molar-refractivity contribution in [2.24, 2.45) is 0 Å². The van der Waals surface area contributed by atoms with E-state index in [2.05, 4.69) is 26.6 Å². The zero-order valence-electron chi connectivity index (χ0n) is 15.6. The number of carbonyl (C=O) groups excluding carboxylic acids is 2.